The molecule has 1 unspecified atom stereocenters. The highest BCUT2D eigenvalue weighted by atomic mass is 16.5. The average molecular weight is 257 g/mol. The van der Waals surface area contributed by atoms with Crippen molar-refractivity contribution in [1.82, 2.24) is 10.2 Å². The molecule has 0 aliphatic carbocycles. The van der Waals surface area contributed by atoms with Gasteiger partial charge in [-0.05, 0) is 11.8 Å². The van der Waals surface area contributed by atoms with Crippen LogP contribution in [-0.4, -0.2) is 56.2 Å². The van der Waals surface area contributed by atoms with Gasteiger partial charge in [0.05, 0.1) is 19.3 Å². The zero-order chi connectivity index (χ0) is 13.5. The second kappa shape index (κ2) is 7.71. The van der Waals surface area contributed by atoms with Crippen LogP contribution >= 0.6 is 0 Å². The molecule has 18 heavy (non-hydrogen) atoms. The summed E-state index contributed by atoms with van der Waals surface area (Å²) in [4.78, 5) is 14.1. The Bertz CT molecular complexity index is 253. The third kappa shape index (κ3) is 5.33. The maximum absolute atomic E-state index is 11.7. The van der Waals surface area contributed by atoms with Crippen molar-refractivity contribution in [2.24, 2.45) is 17.6 Å². The number of carbonyl (C=O) groups excluding carboxylic acids is 1. The van der Waals surface area contributed by atoms with E-state index in [4.69, 9.17) is 10.5 Å². The maximum atomic E-state index is 11.7. The molecule has 5 nitrogen and oxygen atoms in total. The molecule has 1 aliphatic heterocycles. The molecule has 0 spiro atoms. The standard InChI is InChI=1S/C13H27N3O2/c1-10(2)12(14)13(17)15-8-11(3)9-16-4-6-18-7-5-16/h10-12H,4-9,14H2,1-3H3,(H,15,17)/t11?,12-/m0/s1. The second-order valence-corrected chi connectivity index (χ2v) is 5.53. The van der Waals surface area contributed by atoms with Crippen LogP contribution in [0.3, 0.4) is 0 Å². The molecule has 1 rings (SSSR count). The van der Waals surface area contributed by atoms with Crippen LogP contribution in [0.2, 0.25) is 0 Å². The van der Waals surface area contributed by atoms with Crippen LogP contribution in [0.25, 0.3) is 0 Å². The lowest BCUT2D eigenvalue weighted by Gasteiger charge is -2.29. The monoisotopic (exact) mass is 257 g/mol. The Labute approximate surface area is 110 Å². The van der Waals surface area contributed by atoms with Crippen molar-refractivity contribution in [2.75, 3.05) is 39.4 Å². The molecule has 1 heterocycles. The SMILES string of the molecule is CC(CNC(=O)[C@@H](N)C(C)C)CN1CCOCC1. The lowest BCUT2D eigenvalue weighted by atomic mass is 10.0. The summed E-state index contributed by atoms with van der Waals surface area (Å²) < 4.78 is 5.31. The van der Waals surface area contributed by atoms with Crippen LogP contribution in [0.15, 0.2) is 0 Å². The first-order chi connectivity index (χ1) is 8.50. The Kier molecular flexibility index (Phi) is 6.60. The quantitative estimate of drug-likeness (QED) is 0.706. The minimum atomic E-state index is -0.402. The van der Waals surface area contributed by atoms with Gasteiger partial charge in [-0.1, -0.05) is 20.8 Å². The fourth-order valence-electron chi connectivity index (χ4n) is 1.98. The zero-order valence-corrected chi connectivity index (χ0v) is 11.8. The summed E-state index contributed by atoms with van der Waals surface area (Å²) in [5.74, 6) is 0.574. The van der Waals surface area contributed by atoms with Crippen LogP contribution in [0, 0.1) is 11.8 Å². The summed E-state index contributed by atoms with van der Waals surface area (Å²) in [6, 6.07) is -0.402. The van der Waals surface area contributed by atoms with E-state index in [0.29, 0.717) is 12.5 Å². The normalized spacial score (nSPS) is 20.7. The largest absolute Gasteiger partial charge is 0.379 e. The molecule has 0 saturated carbocycles. The van der Waals surface area contributed by atoms with Crippen LogP contribution in [0.5, 0.6) is 0 Å². The maximum Gasteiger partial charge on any atom is 0.237 e. The van der Waals surface area contributed by atoms with E-state index in [-0.39, 0.29) is 11.8 Å². The molecule has 1 amide bonds. The summed E-state index contributed by atoms with van der Waals surface area (Å²) >= 11 is 0. The predicted molar refractivity (Wildman–Crippen MR) is 72.2 cm³/mol. The Morgan fingerprint density at radius 1 is 1.33 bits per heavy atom. The molecule has 0 aromatic rings. The lowest BCUT2D eigenvalue weighted by Crippen LogP contribution is -2.46. The highest BCUT2D eigenvalue weighted by Crippen LogP contribution is 2.03. The van der Waals surface area contributed by atoms with Gasteiger partial charge in [-0.3, -0.25) is 9.69 Å². The Morgan fingerprint density at radius 2 is 1.94 bits per heavy atom. The van der Waals surface area contributed by atoms with E-state index in [1.54, 1.807) is 0 Å². The van der Waals surface area contributed by atoms with Gasteiger partial charge >= 0.3 is 0 Å². The van der Waals surface area contributed by atoms with E-state index >= 15 is 0 Å². The summed E-state index contributed by atoms with van der Waals surface area (Å²) in [5, 5.41) is 2.93. The van der Waals surface area contributed by atoms with Crippen molar-refractivity contribution in [2.45, 2.75) is 26.8 Å². The van der Waals surface area contributed by atoms with Crippen molar-refractivity contribution in [3.05, 3.63) is 0 Å². The van der Waals surface area contributed by atoms with Crippen molar-refractivity contribution in [1.29, 1.82) is 0 Å². The highest BCUT2D eigenvalue weighted by Gasteiger charge is 2.18. The fraction of sp³-hybridized carbons (Fsp3) is 0.923. The molecule has 5 heteroatoms. The van der Waals surface area contributed by atoms with Crippen LogP contribution in [0.1, 0.15) is 20.8 Å². The first-order valence-corrected chi connectivity index (χ1v) is 6.84. The summed E-state index contributed by atoms with van der Waals surface area (Å²) in [6.45, 7) is 11.4. The first-order valence-electron chi connectivity index (χ1n) is 6.84. The number of ether oxygens (including phenoxy) is 1. The summed E-state index contributed by atoms with van der Waals surface area (Å²) in [7, 11) is 0. The molecule has 0 radical (unpaired) electrons. The van der Waals surface area contributed by atoms with Crippen molar-refractivity contribution in [3.63, 3.8) is 0 Å². The molecule has 1 fully saturated rings. The van der Waals surface area contributed by atoms with E-state index in [2.05, 4.69) is 17.1 Å². The van der Waals surface area contributed by atoms with Gasteiger partial charge in [0.25, 0.3) is 0 Å². The number of amides is 1. The number of nitrogens with two attached hydrogens (primary N) is 1. The van der Waals surface area contributed by atoms with Gasteiger partial charge in [0.1, 0.15) is 0 Å². The van der Waals surface area contributed by atoms with Crippen molar-refractivity contribution < 1.29 is 9.53 Å². The molecule has 3 N–H and O–H groups in total. The zero-order valence-electron chi connectivity index (χ0n) is 11.8. The predicted octanol–water partition coefficient (Wildman–Crippen LogP) is 0.0542. The van der Waals surface area contributed by atoms with E-state index < -0.39 is 6.04 Å². The molecule has 1 aliphatic rings. The lowest BCUT2D eigenvalue weighted by molar-refractivity contribution is -0.123. The van der Waals surface area contributed by atoms with Gasteiger partial charge in [-0.2, -0.15) is 0 Å². The van der Waals surface area contributed by atoms with Crippen LogP contribution in [-0.2, 0) is 9.53 Å². The molecule has 0 aromatic carbocycles. The number of nitrogens with one attached hydrogen (secondary N) is 1. The minimum Gasteiger partial charge on any atom is -0.379 e. The molecule has 2 atom stereocenters. The Hall–Kier alpha value is -0.650. The van der Waals surface area contributed by atoms with E-state index in [1.807, 2.05) is 13.8 Å². The first kappa shape index (κ1) is 15.4. The van der Waals surface area contributed by atoms with Crippen molar-refractivity contribution >= 4 is 5.91 Å². The van der Waals surface area contributed by atoms with Crippen LogP contribution in [0.4, 0.5) is 0 Å². The molecule has 106 valence electrons. The fourth-order valence-corrected chi connectivity index (χ4v) is 1.98. The number of nitrogens with zero attached hydrogens (tertiary/aromatic N) is 1. The molecule has 0 bridgehead atoms. The van der Waals surface area contributed by atoms with Gasteiger partial charge in [0, 0.05) is 26.2 Å². The number of hydrogen-bond acceptors (Lipinski definition) is 4. The van der Waals surface area contributed by atoms with Gasteiger partial charge < -0.3 is 15.8 Å². The molecule has 1 saturated heterocycles. The van der Waals surface area contributed by atoms with E-state index in [0.717, 1.165) is 32.8 Å². The van der Waals surface area contributed by atoms with Gasteiger partial charge in [0.2, 0.25) is 5.91 Å². The number of hydrogen-bond donors (Lipinski definition) is 2. The smallest absolute Gasteiger partial charge is 0.237 e. The molecular formula is C13H27N3O2. The Morgan fingerprint density at radius 3 is 2.50 bits per heavy atom. The number of rotatable bonds is 6. The van der Waals surface area contributed by atoms with Gasteiger partial charge in [0.15, 0.2) is 0 Å². The highest BCUT2D eigenvalue weighted by molar-refractivity contribution is 5.81. The van der Waals surface area contributed by atoms with E-state index in [1.165, 1.54) is 0 Å². The average Bonchev–Trinajstić information content (AvgIpc) is 2.36. The Balaban J connectivity index is 2.19. The molecular weight excluding hydrogens is 230 g/mol. The summed E-state index contributed by atoms with van der Waals surface area (Å²) in [6.07, 6.45) is 0. The second-order valence-electron chi connectivity index (χ2n) is 5.53. The van der Waals surface area contributed by atoms with Gasteiger partial charge in [-0.15, -0.1) is 0 Å². The van der Waals surface area contributed by atoms with Gasteiger partial charge in [-0.25, -0.2) is 0 Å². The van der Waals surface area contributed by atoms with Crippen molar-refractivity contribution in [3.8, 4) is 0 Å². The third-order valence-corrected chi connectivity index (χ3v) is 3.32. The summed E-state index contributed by atoms with van der Waals surface area (Å²) in [5.41, 5.74) is 5.79. The topological polar surface area (TPSA) is 67.6 Å². The molecule has 0 aromatic heterocycles. The number of carbonyl (C=O) groups is 1. The minimum absolute atomic E-state index is 0.0428. The van der Waals surface area contributed by atoms with E-state index in [9.17, 15) is 4.79 Å². The number of morpholine rings is 1. The third-order valence-electron chi connectivity index (χ3n) is 3.32. The van der Waals surface area contributed by atoms with Crippen LogP contribution < -0.4 is 11.1 Å².